The first-order valence-electron chi connectivity index (χ1n) is 8.11. The molecular weight excluding hydrogens is 359 g/mol. The van der Waals surface area contributed by atoms with Crippen molar-refractivity contribution in [3.8, 4) is 6.07 Å². The Balaban J connectivity index is 2.48. The number of methoxy groups -OCH3 is 1. The Morgan fingerprint density at radius 2 is 1.93 bits per heavy atom. The number of pyridine rings is 1. The molecule has 0 fully saturated rings. The lowest BCUT2D eigenvalue weighted by Crippen LogP contribution is -2.33. The van der Waals surface area contributed by atoms with Gasteiger partial charge < -0.3 is 9.64 Å². The van der Waals surface area contributed by atoms with Gasteiger partial charge in [0.15, 0.2) is 0 Å². The predicted molar refractivity (Wildman–Crippen MR) is 92.6 cm³/mol. The number of halogens is 3. The Bertz CT molecular complexity index is 832. The smallest absolute Gasteiger partial charge is 0.433 e. The molecule has 2 rings (SSSR count). The van der Waals surface area contributed by atoms with Crippen molar-refractivity contribution in [1.82, 2.24) is 4.98 Å². The van der Waals surface area contributed by atoms with E-state index in [2.05, 4.69) is 4.98 Å². The number of esters is 1. The van der Waals surface area contributed by atoms with Gasteiger partial charge in [-0.05, 0) is 17.7 Å². The molecule has 1 aromatic heterocycles. The average Bonchev–Trinajstić information content (AvgIpc) is 2.66. The fraction of sp³-hybridized carbons (Fsp3) is 0.316. The van der Waals surface area contributed by atoms with Crippen LogP contribution in [0.3, 0.4) is 0 Å². The number of rotatable bonds is 6. The van der Waals surface area contributed by atoms with Gasteiger partial charge in [0.25, 0.3) is 0 Å². The first-order chi connectivity index (χ1) is 12.8. The molecule has 0 saturated heterocycles. The highest BCUT2D eigenvalue weighted by molar-refractivity contribution is 5.73. The minimum atomic E-state index is -4.64. The number of alkyl halides is 3. The van der Waals surface area contributed by atoms with Crippen molar-refractivity contribution < 1.29 is 22.7 Å². The standard InChI is InChI=1S/C19H18F3N3O2/c1-13(18(26)27-2)11-25(12-14-6-4-3-5-7-14)17-15(10-23)8-9-16(24-17)19(20,21)22/h3-9,13H,11-12H2,1-2H3/t13-/m0/s1. The van der Waals surface area contributed by atoms with Gasteiger partial charge in [0.2, 0.25) is 0 Å². The second-order valence-electron chi connectivity index (χ2n) is 5.97. The largest absolute Gasteiger partial charge is 0.469 e. The average molecular weight is 377 g/mol. The molecule has 0 aliphatic carbocycles. The van der Waals surface area contributed by atoms with Gasteiger partial charge in [0.05, 0.1) is 18.6 Å². The molecule has 0 bridgehead atoms. The SMILES string of the molecule is COC(=O)[C@@H](C)CN(Cc1ccccc1)c1nc(C(F)(F)F)ccc1C#N. The molecule has 2 aromatic rings. The quantitative estimate of drug-likeness (QED) is 0.717. The zero-order chi connectivity index (χ0) is 20.0. The van der Waals surface area contributed by atoms with E-state index in [4.69, 9.17) is 4.74 Å². The van der Waals surface area contributed by atoms with Crippen LogP contribution >= 0.6 is 0 Å². The van der Waals surface area contributed by atoms with Crippen molar-refractivity contribution >= 4 is 11.8 Å². The number of hydrogen-bond donors (Lipinski definition) is 0. The number of hydrogen-bond acceptors (Lipinski definition) is 5. The van der Waals surface area contributed by atoms with Crippen molar-refractivity contribution in [1.29, 1.82) is 5.26 Å². The van der Waals surface area contributed by atoms with E-state index in [1.165, 1.54) is 12.0 Å². The second-order valence-corrected chi connectivity index (χ2v) is 5.97. The van der Waals surface area contributed by atoms with E-state index >= 15 is 0 Å². The van der Waals surface area contributed by atoms with Crippen molar-refractivity contribution in [2.24, 2.45) is 5.92 Å². The lowest BCUT2D eigenvalue weighted by atomic mass is 10.1. The zero-order valence-corrected chi connectivity index (χ0v) is 14.8. The molecule has 0 unspecified atom stereocenters. The summed E-state index contributed by atoms with van der Waals surface area (Å²) in [7, 11) is 1.24. The summed E-state index contributed by atoms with van der Waals surface area (Å²) in [5.74, 6) is -1.24. The summed E-state index contributed by atoms with van der Waals surface area (Å²) in [6, 6.07) is 12.7. The maximum atomic E-state index is 13.1. The highest BCUT2D eigenvalue weighted by Crippen LogP contribution is 2.31. The van der Waals surface area contributed by atoms with Crippen molar-refractivity contribution in [3.63, 3.8) is 0 Å². The van der Waals surface area contributed by atoms with Crippen molar-refractivity contribution in [2.45, 2.75) is 19.6 Å². The van der Waals surface area contributed by atoms with Crippen LogP contribution in [0.1, 0.15) is 23.7 Å². The van der Waals surface area contributed by atoms with E-state index in [9.17, 15) is 23.2 Å². The van der Waals surface area contributed by atoms with Crippen molar-refractivity contribution in [2.75, 3.05) is 18.6 Å². The Hall–Kier alpha value is -3.08. The maximum Gasteiger partial charge on any atom is 0.433 e. The third-order valence-corrected chi connectivity index (χ3v) is 3.90. The van der Waals surface area contributed by atoms with E-state index in [1.54, 1.807) is 31.2 Å². The van der Waals surface area contributed by atoms with Gasteiger partial charge in [-0.25, -0.2) is 4.98 Å². The molecule has 0 aliphatic rings. The molecule has 1 heterocycles. The third kappa shape index (κ3) is 5.20. The lowest BCUT2D eigenvalue weighted by molar-refractivity contribution is -0.144. The number of carbonyl (C=O) groups excluding carboxylic acids is 1. The summed E-state index contributed by atoms with van der Waals surface area (Å²) in [5, 5.41) is 9.33. The number of carbonyl (C=O) groups is 1. The Labute approximate surface area is 155 Å². The van der Waals surface area contributed by atoms with Crippen LogP contribution in [0.2, 0.25) is 0 Å². The van der Waals surface area contributed by atoms with E-state index in [0.717, 1.165) is 17.7 Å². The number of nitrogens with zero attached hydrogens (tertiary/aromatic N) is 3. The van der Waals surface area contributed by atoms with Gasteiger partial charge in [-0.3, -0.25) is 4.79 Å². The monoisotopic (exact) mass is 377 g/mol. The summed E-state index contributed by atoms with van der Waals surface area (Å²) >= 11 is 0. The summed E-state index contributed by atoms with van der Waals surface area (Å²) in [4.78, 5) is 17.0. The molecule has 0 spiro atoms. The summed E-state index contributed by atoms with van der Waals surface area (Å²) in [6.45, 7) is 1.83. The number of aromatic nitrogens is 1. The number of benzene rings is 1. The molecule has 1 atom stereocenters. The number of nitriles is 1. The molecule has 0 aliphatic heterocycles. The van der Waals surface area contributed by atoms with Crippen LogP contribution in [0.4, 0.5) is 19.0 Å². The van der Waals surface area contributed by atoms with E-state index in [0.29, 0.717) is 0 Å². The minimum Gasteiger partial charge on any atom is -0.469 e. The van der Waals surface area contributed by atoms with Gasteiger partial charge >= 0.3 is 12.1 Å². The summed E-state index contributed by atoms with van der Waals surface area (Å²) < 4.78 is 44.0. The highest BCUT2D eigenvalue weighted by atomic mass is 19.4. The van der Waals surface area contributed by atoms with Gasteiger partial charge in [0, 0.05) is 13.1 Å². The molecule has 0 N–H and O–H groups in total. The van der Waals surface area contributed by atoms with Crippen LogP contribution in [0.15, 0.2) is 42.5 Å². The molecule has 8 heteroatoms. The summed E-state index contributed by atoms with van der Waals surface area (Å²) in [5.41, 5.74) is -0.297. The van der Waals surface area contributed by atoms with E-state index in [-0.39, 0.29) is 24.5 Å². The first-order valence-corrected chi connectivity index (χ1v) is 8.11. The summed E-state index contributed by atoms with van der Waals surface area (Å²) in [6.07, 6.45) is -4.64. The van der Waals surface area contributed by atoms with Crippen LogP contribution in [0.5, 0.6) is 0 Å². The molecule has 142 valence electrons. The topological polar surface area (TPSA) is 66.2 Å². The zero-order valence-electron chi connectivity index (χ0n) is 14.8. The van der Waals surface area contributed by atoms with Crippen LogP contribution in [0.25, 0.3) is 0 Å². The molecular formula is C19H18F3N3O2. The number of anilines is 1. The lowest BCUT2D eigenvalue weighted by Gasteiger charge is -2.27. The second kappa shape index (κ2) is 8.54. The Kier molecular flexibility index (Phi) is 6.40. The minimum absolute atomic E-state index is 0.00371. The maximum absolute atomic E-state index is 13.1. The Morgan fingerprint density at radius 3 is 2.48 bits per heavy atom. The normalized spacial score (nSPS) is 12.1. The van der Waals surface area contributed by atoms with Gasteiger partial charge in [-0.2, -0.15) is 18.4 Å². The van der Waals surface area contributed by atoms with Crippen LogP contribution in [-0.4, -0.2) is 24.6 Å². The van der Waals surface area contributed by atoms with E-state index in [1.807, 2.05) is 12.1 Å². The highest BCUT2D eigenvalue weighted by Gasteiger charge is 2.34. The van der Waals surface area contributed by atoms with Gasteiger partial charge in [-0.1, -0.05) is 37.3 Å². The molecule has 1 aromatic carbocycles. The van der Waals surface area contributed by atoms with E-state index < -0.39 is 23.8 Å². The third-order valence-electron chi connectivity index (χ3n) is 3.90. The molecule has 0 amide bonds. The molecule has 0 radical (unpaired) electrons. The van der Waals surface area contributed by atoms with Crippen LogP contribution in [-0.2, 0) is 22.3 Å². The van der Waals surface area contributed by atoms with Crippen molar-refractivity contribution in [3.05, 3.63) is 59.3 Å². The van der Waals surface area contributed by atoms with Gasteiger partial charge in [-0.15, -0.1) is 0 Å². The first kappa shape index (κ1) is 20.2. The fourth-order valence-corrected chi connectivity index (χ4v) is 2.57. The molecule has 5 nitrogen and oxygen atoms in total. The fourth-order valence-electron chi connectivity index (χ4n) is 2.57. The number of ether oxygens (including phenoxy) is 1. The van der Waals surface area contributed by atoms with Crippen LogP contribution < -0.4 is 4.90 Å². The molecule has 0 saturated carbocycles. The predicted octanol–water partition coefficient (Wildman–Crippen LogP) is 3.79. The molecule has 27 heavy (non-hydrogen) atoms. The van der Waals surface area contributed by atoms with Crippen LogP contribution in [0, 0.1) is 17.2 Å². The Morgan fingerprint density at radius 1 is 1.26 bits per heavy atom. The van der Waals surface area contributed by atoms with Gasteiger partial charge in [0.1, 0.15) is 17.6 Å².